The van der Waals surface area contributed by atoms with Gasteiger partial charge in [-0.3, -0.25) is 4.21 Å². The first kappa shape index (κ1) is 41.1. The zero-order valence-electron chi connectivity index (χ0n) is 32.8. The summed E-state index contributed by atoms with van der Waals surface area (Å²) in [5.74, 6) is 0. The van der Waals surface area contributed by atoms with Crippen molar-refractivity contribution in [2.75, 3.05) is 18.8 Å². The van der Waals surface area contributed by atoms with Crippen LogP contribution in [0.1, 0.15) is 59.7 Å². The molecule has 18 heteroatoms. The quantitative estimate of drug-likeness (QED) is 0.115. The number of thioether (sulfide) groups is 2. The summed E-state index contributed by atoms with van der Waals surface area (Å²) in [5.41, 5.74) is 8.64. The van der Waals surface area contributed by atoms with Crippen LogP contribution in [-0.4, -0.2) is 81.5 Å². The highest BCUT2D eigenvalue weighted by molar-refractivity contribution is 9.11. The second kappa shape index (κ2) is 17.0. The van der Waals surface area contributed by atoms with Crippen LogP contribution in [0.15, 0.2) is 86.3 Å². The van der Waals surface area contributed by atoms with Crippen molar-refractivity contribution < 1.29 is 4.21 Å². The summed E-state index contributed by atoms with van der Waals surface area (Å²) in [7, 11) is -1.20. The van der Waals surface area contributed by atoms with Crippen LogP contribution in [0.4, 0.5) is 0 Å². The zero-order valence-corrected chi connectivity index (χ0v) is 38.4. The van der Waals surface area contributed by atoms with Gasteiger partial charge in [-0.1, -0.05) is 23.5 Å². The van der Waals surface area contributed by atoms with Gasteiger partial charge in [-0.25, -0.2) is 44.9 Å². The molecule has 9 aromatic rings. The molecule has 6 aromatic heterocycles. The number of aromatic nitrogens is 12. The number of nitrogens with zero attached hydrogens (tertiary/aromatic N) is 12. The Labute approximate surface area is 357 Å². The lowest BCUT2D eigenvalue weighted by Crippen LogP contribution is -2.02. The highest BCUT2D eigenvalue weighted by Gasteiger charge is 2.17. The van der Waals surface area contributed by atoms with E-state index in [-0.39, 0.29) is 6.04 Å². The van der Waals surface area contributed by atoms with Crippen LogP contribution < -0.4 is 0 Å². The van der Waals surface area contributed by atoms with Gasteiger partial charge in [0, 0.05) is 68.1 Å². The van der Waals surface area contributed by atoms with Crippen LogP contribution in [-0.2, 0) is 10.8 Å². The third kappa shape index (κ3) is 8.03. The molecule has 0 aliphatic rings. The number of hydrogen-bond acceptors (Lipinski definition) is 12. The summed E-state index contributed by atoms with van der Waals surface area (Å²) in [4.78, 5) is 39.9. The summed E-state index contributed by atoms with van der Waals surface area (Å²) < 4.78 is 19.9. The molecule has 0 aliphatic carbocycles. The van der Waals surface area contributed by atoms with E-state index in [0.29, 0.717) is 17.2 Å². The van der Waals surface area contributed by atoms with E-state index in [1.165, 1.54) is 0 Å². The van der Waals surface area contributed by atoms with Gasteiger partial charge in [0.05, 0.1) is 51.8 Å². The molecule has 0 radical (unpaired) electrons. The fourth-order valence-electron chi connectivity index (χ4n) is 6.40. The Morgan fingerprint density at radius 1 is 0.561 bits per heavy atom. The Bertz CT molecular complexity index is 2960. The van der Waals surface area contributed by atoms with Gasteiger partial charge in [-0.15, -0.1) is 0 Å². The van der Waals surface area contributed by atoms with E-state index in [9.17, 15) is 4.21 Å². The van der Waals surface area contributed by atoms with Crippen LogP contribution in [0.25, 0.3) is 65.8 Å². The lowest BCUT2D eigenvalue weighted by Gasteiger charge is -2.10. The minimum atomic E-state index is -1.20. The number of rotatable bonds is 6. The van der Waals surface area contributed by atoms with Crippen molar-refractivity contribution in [2.45, 2.75) is 75.1 Å². The topological polar surface area (TPSA) is 148 Å². The molecule has 3 aromatic carbocycles. The highest BCUT2D eigenvalue weighted by Crippen LogP contribution is 2.34. The lowest BCUT2D eigenvalue weighted by molar-refractivity contribution is 0.618. The largest absolute Gasteiger partial charge is 0.326 e. The Kier molecular flexibility index (Phi) is 12.3. The molecule has 0 aliphatic heterocycles. The minimum Gasteiger partial charge on any atom is -0.326 e. The van der Waals surface area contributed by atoms with Gasteiger partial charge < -0.3 is 13.7 Å². The second-order valence-electron chi connectivity index (χ2n) is 13.9. The number of halogens is 2. The van der Waals surface area contributed by atoms with Gasteiger partial charge in [0.2, 0.25) is 5.16 Å². The first-order valence-corrected chi connectivity index (χ1v) is 23.6. The monoisotopic (exact) mass is 946 g/mol. The van der Waals surface area contributed by atoms with Crippen molar-refractivity contribution in [2.24, 2.45) is 0 Å². The average molecular weight is 949 g/mol. The standard InChI is InChI=1S/C13H13BrN4OS.C13H13BrN4S.C13H14N4S/c1-7(2)18-6-16-11-9(14)4-8-5-15-13(20(3)19)17-10(8)12(11)18;1-7(2)18-6-16-11-9(14)4-8-5-15-13(19-3)17-10(8)12(11)18;1-8(2)17-7-15-10-5-4-9-6-14-13(18-3)16-11(9)12(10)17/h4-7H,1-3H3;4-7H,1-3H3;4-8H,1-3H3. The van der Waals surface area contributed by atoms with E-state index in [0.717, 1.165) is 85.1 Å². The van der Waals surface area contributed by atoms with Gasteiger partial charge in [0.1, 0.15) is 27.6 Å². The van der Waals surface area contributed by atoms with Crippen molar-refractivity contribution in [1.29, 1.82) is 0 Å². The van der Waals surface area contributed by atoms with E-state index in [2.05, 4.69) is 132 Å². The summed E-state index contributed by atoms with van der Waals surface area (Å²) >= 11 is 10.2. The van der Waals surface area contributed by atoms with Crippen molar-refractivity contribution in [3.63, 3.8) is 0 Å². The molecule has 1 atom stereocenters. The van der Waals surface area contributed by atoms with E-state index >= 15 is 0 Å². The van der Waals surface area contributed by atoms with E-state index < -0.39 is 10.8 Å². The van der Waals surface area contributed by atoms with Gasteiger partial charge in [-0.05, 0) is 110 Å². The van der Waals surface area contributed by atoms with Crippen LogP contribution in [0.5, 0.6) is 0 Å². The Morgan fingerprint density at radius 3 is 1.49 bits per heavy atom. The van der Waals surface area contributed by atoms with Gasteiger partial charge in [0.25, 0.3) is 0 Å². The molecule has 0 amide bonds. The summed E-state index contributed by atoms with van der Waals surface area (Å²) in [6.07, 6.45) is 16.6. The van der Waals surface area contributed by atoms with Crippen molar-refractivity contribution in [1.82, 2.24) is 58.6 Å². The molecular weight excluding hydrogens is 909 g/mol. The summed E-state index contributed by atoms with van der Waals surface area (Å²) in [6, 6.07) is 9.00. The predicted molar refractivity (Wildman–Crippen MR) is 241 cm³/mol. The molecule has 9 rings (SSSR count). The number of benzene rings is 3. The molecule has 0 saturated carbocycles. The van der Waals surface area contributed by atoms with Crippen LogP contribution >= 0.6 is 55.4 Å². The predicted octanol–water partition coefficient (Wildman–Crippen LogP) is 10.4. The number of fused-ring (bicyclic) bond motifs is 9. The Morgan fingerprint density at radius 2 is 1.00 bits per heavy atom. The van der Waals surface area contributed by atoms with E-state index in [1.54, 1.807) is 36.0 Å². The smallest absolute Gasteiger partial charge is 0.218 e. The SMILES string of the molecule is CC(C)n1cnc2c(Br)cc3cnc(S(C)=O)nc3c21.CSc1ncc2cc(Br)c3ncn(C(C)C)c3c2n1.CSc1ncc2ccc3ncn(C(C)C)c3c2n1. The van der Waals surface area contributed by atoms with Crippen molar-refractivity contribution in [3.05, 3.63) is 70.8 Å². The molecule has 57 heavy (non-hydrogen) atoms. The highest BCUT2D eigenvalue weighted by atomic mass is 79.9. The molecular formula is C39H40Br2N12OS3. The summed E-state index contributed by atoms with van der Waals surface area (Å²) in [5, 5.41) is 4.92. The molecule has 0 bridgehead atoms. The van der Waals surface area contributed by atoms with E-state index in [4.69, 9.17) is 0 Å². The third-order valence-electron chi connectivity index (χ3n) is 9.20. The maximum Gasteiger partial charge on any atom is 0.218 e. The molecule has 0 saturated heterocycles. The Balaban J connectivity index is 0.000000131. The van der Waals surface area contributed by atoms with Crippen molar-refractivity contribution >= 4 is 132 Å². The fourth-order valence-corrected chi connectivity index (χ4v) is 8.57. The second-order valence-corrected chi connectivity index (χ2v) is 18.4. The van der Waals surface area contributed by atoms with E-state index in [1.807, 2.05) is 68.2 Å². The maximum absolute atomic E-state index is 11.6. The van der Waals surface area contributed by atoms with Gasteiger partial charge in [0.15, 0.2) is 10.3 Å². The first-order chi connectivity index (χ1) is 27.3. The molecule has 1 unspecified atom stereocenters. The van der Waals surface area contributed by atoms with Crippen molar-refractivity contribution in [3.8, 4) is 0 Å². The fraction of sp³-hybridized carbons (Fsp3) is 0.308. The lowest BCUT2D eigenvalue weighted by atomic mass is 10.2. The molecule has 6 heterocycles. The number of hydrogen-bond donors (Lipinski definition) is 0. The zero-order chi connectivity index (χ0) is 40.7. The van der Waals surface area contributed by atoms with Crippen LogP contribution in [0.3, 0.4) is 0 Å². The molecule has 0 fully saturated rings. The van der Waals surface area contributed by atoms with Crippen LogP contribution in [0, 0.1) is 0 Å². The Hall–Kier alpha value is -4.10. The third-order valence-corrected chi connectivity index (χ3v) is 12.2. The van der Waals surface area contributed by atoms with Gasteiger partial charge in [-0.2, -0.15) is 0 Å². The maximum atomic E-state index is 11.6. The molecule has 13 nitrogen and oxygen atoms in total. The van der Waals surface area contributed by atoms with Gasteiger partial charge >= 0.3 is 0 Å². The number of imidazole rings is 3. The minimum absolute atomic E-state index is 0.267. The first-order valence-electron chi connectivity index (χ1n) is 18.0. The summed E-state index contributed by atoms with van der Waals surface area (Å²) in [6.45, 7) is 12.8. The average Bonchev–Trinajstić information content (AvgIpc) is 3.96. The molecule has 294 valence electrons. The normalized spacial score (nSPS) is 12.4. The molecule has 0 N–H and O–H groups in total. The van der Waals surface area contributed by atoms with Crippen LogP contribution in [0.2, 0.25) is 0 Å². The molecule has 0 spiro atoms.